The summed E-state index contributed by atoms with van der Waals surface area (Å²) in [7, 11) is 0. The van der Waals surface area contributed by atoms with Crippen LogP contribution in [0.15, 0.2) is 42.7 Å². The van der Waals surface area contributed by atoms with E-state index in [0.29, 0.717) is 11.1 Å². The lowest BCUT2D eigenvalue weighted by molar-refractivity contribution is 0.0792. The van der Waals surface area contributed by atoms with E-state index >= 15 is 0 Å². The fourth-order valence-corrected chi connectivity index (χ4v) is 2.93. The maximum Gasteiger partial charge on any atom is 0.257 e. The van der Waals surface area contributed by atoms with Crippen molar-refractivity contribution < 1.29 is 9.59 Å². The Hall–Kier alpha value is -2.69. The predicted molar refractivity (Wildman–Crippen MR) is 93.1 cm³/mol. The van der Waals surface area contributed by atoms with Crippen molar-refractivity contribution in [2.45, 2.75) is 26.2 Å². The number of nitrogens with one attached hydrogen (secondary N) is 1. The Kier molecular flexibility index (Phi) is 4.89. The number of carbonyl (C=O) groups excluding carboxylic acids is 2. The normalized spacial score (nSPS) is 13.8. The van der Waals surface area contributed by atoms with E-state index in [1.165, 1.54) is 12.4 Å². The summed E-state index contributed by atoms with van der Waals surface area (Å²) in [5, 5.41) is 2.91. The smallest absolute Gasteiger partial charge is 0.257 e. The summed E-state index contributed by atoms with van der Waals surface area (Å²) in [6.45, 7) is 3.60. The average Bonchev–Trinajstić information content (AvgIpc) is 3.16. The van der Waals surface area contributed by atoms with Crippen molar-refractivity contribution in [2.24, 2.45) is 0 Å². The van der Waals surface area contributed by atoms with Crippen LogP contribution in [0.2, 0.25) is 0 Å². The van der Waals surface area contributed by atoms with Gasteiger partial charge in [0.15, 0.2) is 0 Å². The summed E-state index contributed by atoms with van der Waals surface area (Å²) in [5.74, 6) is -0.303. The maximum absolute atomic E-state index is 12.5. The van der Waals surface area contributed by atoms with Crippen molar-refractivity contribution in [1.82, 2.24) is 9.88 Å². The maximum atomic E-state index is 12.5. The Balaban J connectivity index is 1.78. The molecule has 1 aliphatic rings. The Morgan fingerprint density at radius 3 is 2.58 bits per heavy atom. The number of rotatable bonds is 4. The van der Waals surface area contributed by atoms with Crippen molar-refractivity contribution in [1.29, 1.82) is 0 Å². The van der Waals surface area contributed by atoms with Crippen LogP contribution in [0.4, 0.5) is 5.69 Å². The Morgan fingerprint density at radius 1 is 1.12 bits per heavy atom. The van der Waals surface area contributed by atoms with Gasteiger partial charge in [0.1, 0.15) is 0 Å². The number of benzene rings is 1. The molecule has 2 heterocycles. The first-order valence-electron chi connectivity index (χ1n) is 8.32. The highest BCUT2D eigenvalue weighted by Gasteiger charge is 2.20. The van der Waals surface area contributed by atoms with Crippen LogP contribution in [-0.4, -0.2) is 34.8 Å². The summed E-state index contributed by atoms with van der Waals surface area (Å²) in [6.07, 6.45) is 5.92. The van der Waals surface area contributed by atoms with Gasteiger partial charge in [-0.2, -0.15) is 0 Å². The second-order valence-corrected chi connectivity index (χ2v) is 5.93. The van der Waals surface area contributed by atoms with Crippen LogP contribution in [0.3, 0.4) is 0 Å². The van der Waals surface area contributed by atoms with Crippen molar-refractivity contribution >= 4 is 17.5 Å². The van der Waals surface area contributed by atoms with E-state index in [-0.39, 0.29) is 11.8 Å². The third-order valence-corrected chi connectivity index (χ3v) is 4.29. The third-order valence-electron chi connectivity index (χ3n) is 4.29. The SMILES string of the molecule is CCc1ccccc1NC(=O)c1cncc(C(=O)N2CCCC2)c1. The lowest BCUT2D eigenvalue weighted by Gasteiger charge is -2.15. The van der Waals surface area contributed by atoms with Gasteiger partial charge in [-0.1, -0.05) is 25.1 Å². The van der Waals surface area contributed by atoms with E-state index < -0.39 is 0 Å². The lowest BCUT2D eigenvalue weighted by atomic mass is 10.1. The monoisotopic (exact) mass is 323 g/mol. The number of aromatic nitrogens is 1. The zero-order valence-corrected chi connectivity index (χ0v) is 13.8. The molecule has 124 valence electrons. The summed E-state index contributed by atoms with van der Waals surface area (Å²) >= 11 is 0. The first-order valence-corrected chi connectivity index (χ1v) is 8.32. The van der Waals surface area contributed by atoms with Gasteiger partial charge in [0.25, 0.3) is 11.8 Å². The van der Waals surface area contributed by atoms with Crippen LogP contribution in [0.5, 0.6) is 0 Å². The molecular formula is C19H21N3O2. The summed E-state index contributed by atoms with van der Waals surface area (Å²) < 4.78 is 0. The van der Waals surface area contributed by atoms with E-state index in [1.807, 2.05) is 36.1 Å². The van der Waals surface area contributed by atoms with Crippen LogP contribution < -0.4 is 5.32 Å². The summed E-state index contributed by atoms with van der Waals surface area (Å²) in [6, 6.07) is 9.33. The second kappa shape index (κ2) is 7.25. The van der Waals surface area contributed by atoms with Crippen LogP contribution in [0.1, 0.15) is 46.0 Å². The van der Waals surface area contributed by atoms with E-state index in [2.05, 4.69) is 10.3 Å². The van der Waals surface area contributed by atoms with Gasteiger partial charge in [-0.15, -0.1) is 0 Å². The lowest BCUT2D eigenvalue weighted by Crippen LogP contribution is -2.28. The van der Waals surface area contributed by atoms with Crippen LogP contribution in [0.25, 0.3) is 0 Å². The van der Waals surface area contributed by atoms with Gasteiger partial charge in [0.05, 0.1) is 11.1 Å². The van der Waals surface area contributed by atoms with Gasteiger partial charge in [-0.25, -0.2) is 0 Å². The Labute approximate surface area is 141 Å². The highest BCUT2D eigenvalue weighted by Crippen LogP contribution is 2.17. The van der Waals surface area contributed by atoms with Crippen LogP contribution in [0, 0.1) is 0 Å². The largest absolute Gasteiger partial charge is 0.339 e. The molecule has 1 saturated heterocycles. The van der Waals surface area contributed by atoms with Crippen LogP contribution >= 0.6 is 0 Å². The zero-order chi connectivity index (χ0) is 16.9. The van der Waals surface area contributed by atoms with E-state index in [4.69, 9.17) is 0 Å². The number of hydrogen-bond donors (Lipinski definition) is 1. The number of carbonyl (C=O) groups is 2. The number of nitrogens with zero attached hydrogens (tertiary/aromatic N) is 2. The van der Waals surface area contributed by atoms with E-state index in [9.17, 15) is 9.59 Å². The van der Waals surface area contributed by atoms with Crippen molar-refractivity contribution in [3.8, 4) is 0 Å². The molecular weight excluding hydrogens is 302 g/mol. The molecule has 3 rings (SSSR count). The van der Waals surface area contributed by atoms with Crippen LogP contribution in [-0.2, 0) is 6.42 Å². The minimum absolute atomic E-state index is 0.0522. The number of anilines is 1. The number of amides is 2. The predicted octanol–water partition coefficient (Wildman–Crippen LogP) is 3.13. The highest BCUT2D eigenvalue weighted by molar-refractivity contribution is 6.06. The molecule has 24 heavy (non-hydrogen) atoms. The summed E-state index contributed by atoms with van der Waals surface area (Å²) in [5.41, 5.74) is 2.73. The third kappa shape index (κ3) is 3.45. The van der Waals surface area contributed by atoms with Gasteiger partial charge in [-0.3, -0.25) is 14.6 Å². The first kappa shape index (κ1) is 16.2. The fraction of sp³-hybridized carbons (Fsp3) is 0.316. The molecule has 2 aromatic rings. The quantitative estimate of drug-likeness (QED) is 0.940. The van der Waals surface area contributed by atoms with Gasteiger partial charge in [-0.05, 0) is 37.0 Å². The molecule has 1 aromatic heterocycles. The number of hydrogen-bond acceptors (Lipinski definition) is 3. The minimum Gasteiger partial charge on any atom is -0.339 e. The first-order chi connectivity index (χ1) is 11.7. The molecule has 0 spiro atoms. The number of para-hydroxylation sites is 1. The molecule has 2 amide bonds. The number of aryl methyl sites for hydroxylation is 1. The molecule has 5 heteroatoms. The van der Waals surface area contributed by atoms with Crippen molar-refractivity contribution in [3.63, 3.8) is 0 Å². The topological polar surface area (TPSA) is 62.3 Å². The number of pyridine rings is 1. The molecule has 0 aliphatic carbocycles. The number of likely N-dealkylation sites (tertiary alicyclic amines) is 1. The molecule has 1 aromatic carbocycles. The summed E-state index contributed by atoms with van der Waals surface area (Å²) in [4.78, 5) is 30.8. The second-order valence-electron chi connectivity index (χ2n) is 5.93. The molecule has 0 radical (unpaired) electrons. The molecule has 1 aliphatic heterocycles. The minimum atomic E-state index is -0.250. The fourth-order valence-electron chi connectivity index (χ4n) is 2.93. The van der Waals surface area contributed by atoms with Crippen molar-refractivity contribution in [2.75, 3.05) is 18.4 Å². The van der Waals surface area contributed by atoms with E-state index in [1.54, 1.807) is 6.07 Å². The molecule has 0 unspecified atom stereocenters. The molecule has 1 fully saturated rings. The van der Waals surface area contributed by atoms with Crippen molar-refractivity contribution in [3.05, 3.63) is 59.4 Å². The standard InChI is InChI=1S/C19H21N3O2/c1-2-14-7-3-4-8-17(14)21-18(23)15-11-16(13-20-12-15)19(24)22-9-5-6-10-22/h3-4,7-8,11-13H,2,5-6,9-10H2,1H3,(H,21,23). The average molecular weight is 323 g/mol. The van der Waals surface area contributed by atoms with Gasteiger partial charge < -0.3 is 10.2 Å². The van der Waals surface area contributed by atoms with Gasteiger partial charge >= 0.3 is 0 Å². The Bertz CT molecular complexity index is 752. The zero-order valence-electron chi connectivity index (χ0n) is 13.8. The Morgan fingerprint density at radius 2 is 1.83 bits per heavy atom. The molecule has 0 saturated carbocycles. The highest BCUT2D eigenvalue weighted by atomic mass is 16.2. The van der Waals surface area contributed by atoms with Gasteiger partial charge in [0.2, 0.25) is 0 Å². The molecule has 1 N–H and O–H groups in total. The molecule has 0 bridgehead atoms. The van der Waals surface area contributed by atoms with Gasteiger partial charge in [0, 0.05) is 31.2 Å². The van der Waals surface area contributed by atoms with E-state index in [0.717, 1.165) is 43.6 Å². The molecule has 5 nitrogen and oxygen atoms in total. The molecule has 0 atom stereocenters.